The fourth-order valence-electron chi connectivity index (χ4n) is 1.87. The zero-order chi connectivity index (χ0) is 14.7. The zero-order valence-corrected chi connectivity index (χ0v) is 13.3. The first-order valence-electron chi connectivity index (χ1n) is 6.26. The van der Waals surface area contributed by atoms with E-state index in [0.717, 1.165) is 15.7 Å². The Hall–Kier alpha value is -2.05. The first-order valence-corrected chi connectivity index (χ1v) is 7.46. The summed E-state index contributed by atoms with van der Waals surface area (Å²) >= 11 is 8.67. The first-order chi connectivity index (χ1) is 10.2. The van der Waals surface area contributed by atoms with Crippen LogP contribution in [0.3, 0.4) is 0 Å². The van der Waals surface area contributed by atoms with E-state index in [9.17, 15) is 0 Å². The number of hydrogen-bond acceptors (Lipinski definition) is 3. The van der Waals surface area contributed by atoms with E-state index in [4.69, 9.17) is 12.2 Å². The SMILES string of the molecule is S=c1[nH]nc(/N=C/c2ccc(Br)cc2)n1-c1ccccc1. The Balaban J connectivity index is 1.97. The van der Waals surface area contributed by atoms with E-state index in [-0.39, 0.29) is 0 Å². The van der Waals surface area contributed by atoms with E-state index in [1.165, 1.54) is 0 Å². The van der Waals surface area contributed by atoms with Crippen molar-refractivity contribution in [2.45, 2.75) is 0 Å². The summed E-state index contributed by atoms with van der Waals surface area (Å²) in [6.45, 7) is 0. The maximum Gasteiger partial charge on any atom is 0.253 e. The Morgan fingerprint density at radius 3 is 2.52 bits per heavy atom. The van der Waals surface area contributed by atoms with Gasteiger partial charge < -0.3 is 0 Å². The Morgan fingerprint density at radius 1 is 1.10 bits per heavy atom. The van der Waals surface area contributed by atoms with Crippen LogP contribution in [0.4, 0.5) is 5.95 Å². The van der Waals surface area contributed by atoms with Gasteiger partial charge in [-0.05, 0) is 42.0 Å². The molecule has 1 N–H and O–H groups in total. The van der Waals surface area contributed by atoms with Gasteiger partial charge in [0.25, 0.3) is 5.95 Å². The van der Waals surface area contributed by atoms with Gasteiger partial charge in [0.05, 0.1) is 5.69 Å². The Labute approximate surface area is 135 Å². The van der Waals surface area contributed by atoms with Crippen molar-refractivity contribution in [3.63, 3.8) is 0 Å². The summed E-state index contributed by atoms with van der Waals surface area (Å²) in [5, 5.41) is 6.94. The number of rotatable bonds is 3. The molecule has 4 nitrogen and oxygen atoms in total. The fraction of sp³-hybridized carbons (Fsp3) is 0. The van der Waals surface area contributed by atoms with E-state index in [2.05, 4.69) is 31.1 Å². The Kier molecular flexibility index (Phi) is 4.08. The summed E-state index contributed by atoms with van der Waals surface area (Å²) in [7, 11) is 0. The molecular formula is C15H11BrN4S. The molecule has 0 amide bonds. The minimum Gasteiger partial charge on any atom is -0.253 e. The molecule has 0 spiro atoms. The molecule has 104 valence electrons. The number of nitrogens with zero attached hydrogens (tertiary/aromatic N) is 3. The molecule has 3 rings (SSSR count). The maximum atomic E-state index is 5.27. The number of nitrogens with one attached hydrogen (secondary N) is 1. The number of aromatic amines is 1. The van der Waals surface area contributed by atoms with Crippen LogP contribution < -0.4 is 0 Å². The molecule has 21 heavy (non-hydrogen) atoms. The quantitative estimate of drug-likeness (QED) is 0.555. The highest BCUT2D eigenvalue weighted by atomic mass is 79.9. The predicted octanol–water partition coefficient (Wildman–Crippen LogP) is 4.44. The summed E-state index contributed by atoms with van der Waals surface area (Å²) in [5.74, 6) is 0.522. The normalized spacial score (nSPS) is 11.1. The molecule has 0 unspecified atom stereocenters. The summed E-state index contributed by atoms with van der Waals surface area (Å²) < 4.78 is 3.35. The van der Waals surface area contributed by atoms with Crippen LogP contribution >= 0.6 is 28.1 Å². The lowest BCUT2D eigenvalue weighted by Gasteiger charge is -2.02. The Morgan fingerprint density at radius 2 is 1.81 bits per heavy atom. The second-order valence-corrected chi connectivity index (χ2v) is 5.61. The summed E-state index contributed by atoms with van der Waals surface area (Å²) in [5.41, 5.74) is 1.92. The third-order valence-electron chi connectivity index (χ3n) is 2.87. The van der Waals surface area contributed by atoms with Gasteiger partial charge in [-0.25, -0.2) is 10.1 Å². The van der Waals surface area contributed by atoms with Crippen molar-refractivity contribution in [3.05, 3.63) is 69.4 Å². The highest BCUT2D eigenvalue weighted by Gasteiger charge is 2.05. The van der Waals surface area contributed by atoms with Gasteiger partial charge in [-0.2, -0.15) is 0 Å². The monoisotopic (exact) mass is 358 g/mol. The lowest BCUT2D eigenvalue weighted by molar-refractivity contribution is 1.03. The molecule has 0 aliphatic rings. The lowest BCUT2D eigenvalue weighted by atomic mass is 10.2. The topological polar surface area (TPSA) is 46.0 Å². The third kappa shape index (κ3) is 3.17. The molecule has 0 atom stereocenters. The minimum atomic E-state index is 0.518. The van der Waals surface area contributed by atoms with Crippen molar-refractivity contribution >= 4 is 40.3 Å². The molecule has 0 radical (unpaired) electrons. The fourth-order valence-corrected chi connectivity index (χ4v) is 2.36. The van der Waals surface area contributed by atoms with Gasteiger partial charge in [-0.1, -0.05) is 46.3 Å². The summed E-state index contributed by atoms with van der Waals surface area (Å²) in [6.07, 6.45) is 1.76. The molecule has 1 heterocycles. The van der Waals surface area contributed by atoms with Gasteiger partial charge in [0.2, 0.25) is 4.77 Å². The van der Waals surface area contributed by atoms with Crippen LogP contribution in [0.5, 0.6) is 0 Å². The molecule has 0 aliphatic heterocycles. The molecule has 0 saturated heterocycles. The van der Waals surface area contributed by atoms with Crippen LogP contribution in [0.1, 0.15) is 5.56 Å². The zero-order valence-electron chi connectivity index (χ0n) is 10.9. The van der Waals surface area contributed by atoms with Crippen molar-refractivity contribution in [1.82, 2.24) is 14.8 Å². The number of H-pyrrole nitrogens is 1. The third-order valence-corrected chi connectivity index (χ3v) is 3.67. The van der Waals surface area contributed by atoms with Crippen LogP contribution in [0.15, 0.2) is 64.1 Å². The minimum absolute atomic E-state index is 0.518. The number of para-hydroxylation sites is 1. The van der Waals surface area contributed by atoms with Crippen molar-refractivity contribution in [2.24, 2.45) is 4.99 Å². The largest absolute Gasteiger partial charge is 0.253 e. The lowest BCUT2D eigenvalue weighted by Crippen LogP contribution is -1.93. The average molecular weight is 359 g/mol. The second kappa shape index (κ2) is 6.15. The van der Waals surface area contributed by atoms with Crippen LogP contribution in [-0.2, 0) is 0 Å². The van der Waals surface area contributed by atoms with E-state index < -0.39 is 0 Å². The molecule has 0 fully saturated rings. The number of halogens is 1. The smallest absolute Gasteiger partial charge is 0.253 e. The van der Waals surface area contributed by atoms with Crippen LogP contribution in [0.2, 0.25) is 0 Å². The van der Waals surface area contributed by atoms with Gasteiger partial charge in [0.15, 0.2) is 0 Å². The summed E-state index contributed by atoms with van der Waals surface area (Å²) in [6, 6.07) is 17.7. The molecule has 6 heteroatoms. The van der Waals surface area contributed by atoms with Crippen molar-refractivity contribution < 1.29 is 0 Å². The number of hydrogen-bond donors (Lipinski definition) is 1. The average Bonchev–Trinajstić information content (AvgIpc) is 2.88. The highest BCUT2D eigenvalue weighted by Crippen LogP contribution is 2.17. The van der Waals surface area contributed by atoms with Gasteiger partial charge in [-0.15, -0.1) is 5.10 Å². The molecule has 0 saturated carbocycles. The number of aliphatic imine (C=N–C) groups is 1. The number of aromatic nitrogens is 3. The van der Waals surface area contributed by atoms with Gasteiger partial charge in [0, 0.05) is 10.7 Å². The van der Waals surface area contributed by atoms with Crippen molar-refractivity contribution in [3.8, 4) is 5.69 Å². The highest BCUT2D eigenvalue weighted by molar-refractivity contribution is 9.10. The molecule has 0 bridgehead atoms. The predicted molar refractivity (Wildman–Crippen MR) is 90.1 cm³/mol. The molecule has 0 aliphatic carbocycles. The molecular weight excluding hydrogens is 348 g/mol. The van der Waals surface area contributed by atoms with Gasteiger partial charge in [0.1, 0.15) is 0 Å². The van der Waals surface area contributed by atoms with Crippen LogP contribution in [0.25, 0.3) is 5.69 Å². The van der Waals surface area contributed by atoms with Gasteiger partial charge in [-0.3, -0.25) is 4.57 Å². The van der Waals surface area contributed by atoms with Crippen molar-refractivity contribution in [2.75, 3.05) is 0 Å². The standard InChI is InChI=1S/C15H11BrN4S/c16-12-8-6-11(7-9-12)10-17-14-18-19-15(21)20(14)13-4-2-1-3-5-13/h1-10H,(H,19,21)/b17-10+. The van der Waals surface area contributed by atoms with E-state index in [1.807, 2.05) is 54.6 Å². The molecule has 3 aromatic rings. The maximum absolute atomic E-state index is 5.27. The number of benzene rings is 2. The first kappa shape index (κ1) is 13.9. The van der Waals surface area contributed by atoms with Gasteiger partial charge >= 0.3 is 0 Å². The van der Waals surface area contributed by atoms with E-state index in [1.54, 1.807) is 10.8 Å². The van der Waals surface area contributed by atoms with Crippen LogP contribution in [-0.4, -0.2) is 21.0 Å². The van der Waals surface area contributed by atoms with Crippen molar-refractivity contribution in [1.29, 1.82) is 0 Å². The van der Waals surface area contributed by atoms with E-state index >= 15 is 0 Å². The molecule has 2 aromatic carbocycles. The van der Waals surface area contributed by atoms with Crippen LogP contribution in [0, 0.1) is 4.77 Å². The second-order valence-electron chi connectivity index (χ2n) is 4.31. The van der Waals surface area contributed by atoms with E-state index in [0.29, 0.717) is 10.7 Å². The Bertz CT molecular complexity index is 819. The molecule has 1 aromatic heterocycles. The summed E-state index contributed by atoms with van der Waals surface area (Å²) in [4.78, 5) is 4.42.